The minimum atomic E-state index is -1.06. The highest BCUT2D eigenvalue weighted by Crippen LogP contribution is 2.18. The summed E-state index contributed by atoms with van der Waals surface area (Å²) in [4.78, 5) is 34.8. The first-order valence-electron chi connectivity index (χ1n) is 5.24. The molecule has 1 aromatic rings. The Morgan fingerprint density at radius 1 is 1.06 bits per heavy atom. The van der Waals surface area contributed by atoms with Gasteiger partial charge in [-0.2, -0.15) is 0 Å². The number of hydrogen-bond acceptors (Lipinski definition) is 3. The van der Waals surface area contributed by atoms with Crippen LogP contribution in [0.4, 0.5) is 0 Å². The van der Waals surface area contributed by atoms with E-state index in [0.29, 0.717) is 5.56 Å². The molecule has 0 fully saturated rings. The highest BCUT2D eigenvalue weighted by atomic mass is 16.2. The van der Waals surface area contributed by atoms with Crippen LogP contribution in [0.3, 0.4) is 0 Å². The minimum absolute atomic E-state index is 0.0475. The highest BCUT2D eigenvalue weighted by molar-refractivity contribution is 6.17. The van der Waals surface area contributed by atoms with E-state index in [1.807, 2.05) is 0 Å². The van der Waals surface area contributed by atoms with Crippen molar-refractivity contribution in [3.8, 4) is 0 Å². The summed E-state index contributed by atoms with van der Waals surface area (Å²) in [5.41, 5.74) is 0.460. The number of ketones is 3. The van der Waals surface area contributed by atoms with Crippen LogP contribution in [0.15, 0.2) is 42.5 Å². The topological polar surface area (TPSA) is 51.2 Å². The molecule has 0 aromatic heterocycles. The van der Waals surface area contributed by atoms with Gasteiger partial charge in [0.1, 0.15) is 11.7 Å². The van der Waals surface area contributed by atoms with Crippen LogP contribution in [0.1, 0.15) is 24.2 Å². The van der Waals surface area contributed by atoms with Crippen LogP contribution in [-0.2, 0) is 9.59 Å². The summed E-state index contributed by atoms with van der Waals surface area (Å²) in [6.07, 6.45) is 0. The van der Waals surface area contributed by atoms with E-state index in [0.717, 1.165) is 0 Å². The molecule has 17 heavy (non-hydrogen) atoms. The molecule has 1 unspecified atom stereocenters. The lowest BCUT2D eigenvalue weighted by Gasteiger charge is -2.13. The first kappa shape index (κ1) is 13.0. The zero-order chi connectivity index (χ0) is 13.0. The van der Waals surface area contributed by atoms with Crippen molar-refractivity contribution in [3.05, 3.63) is 48.0 Å². The van der Waals surface area contributed by atoms with Crippen LogP contribution >= 0.6 is 0 Å². The smallest absolute Gasteiger partial charge is 0.177 e. The Hall–Kier alpha value is -2.03. The monoisotopic (exact) mass is 230 g/mol. The molecule has 0 bridgehead atoms. The summed E-state index contributed by atoms with van der Waals surface area (Å²) < 4.78 is 0. The van der Waals surface area contributed by atoms with Crippen molar-refractivity contribution in [2.24, 2.45) is 5.92 Å². The number of Topliss-reactive ketones (excluding diaryl/α,β-unsaturated/α-hetero) is 3. The predicted molar refractivity (Wildman–Crippen MR) is 64.8 cm³/mol. The number of hydrogen-bond donors (Lipinski definition) is 0. The van der Waals surface area contributed by atoms with Gasteiger partial charge in [-0.25, -0.2) is 0 Å². The van der Waals surface area contributed by atoms with Crippen LogP contribution in [0.25, 0.3) is 0 Å². The second-order valence-electron chi connectivity index (χ2n) is 3.86. The fraction of sp³-hybridized carbons (Fsp3) is 0.214. The Morgan fingerprint density at radius 2 is 1.59 bits per heavy atom. The molecule has 0 amide bonds. The van der Waals surface area contributed by atoms with E-state index >= 15 is 0 Å². The lowest BCUT2D eigenvalue weighted by Crippen LogP contribution is -2.26. The summed E-state index contributed by atoms with van der Waals surface area (Å²) >= 11 is 0. The standard InChI is InChI=1S/C14H14O3/c1-9(10(2)15)13(11(3)16)14(17)12-7-5-4-6-8-12/h4-8,13H,1H2,2-3H3. The molecule has 1 rings (SSSR count). The van der Waals surface area contributed by atoms with Gasteiger partial charge in [-0.1, -0.05) is 36.9 Å². The average molecular weight is 230 g/mol. The van der Waals surface area contributed by atoms with E-state index in [4.69, 9.17) is 0 Å². The second-order valence-corrected chi connectivity index (χ2v) is 3.86. The van der Waals surface area contributed by atoms with Crippen LogP contribution in [0.2, 0.25) is 0 Å². The van der Waals surface area contributed by atoms with Crippen LogP contribution in [0.5, 0.6) is 0 Å². The largest absolute Gasteiger partial charge is 0.299 e. The van der Waals surface area contributed by atoms with Gasteiger partial charge < -0.3 is 0 Å². The molecule has 0 aliphatic heterocycles. The fourth-order valence-corrected chi connectivity index (χ4v) is 1.56. The molecule has 0 aliphatic rings. The van der Waals surface area contributed by atoms with Crippen molar-refractivity contribution < 1.29 is 14.4 Å². The molecule has 1 aromatic carbocycles. The van der Waals surface area contributed by atoms with E-state index in [-0.39, 0.29) is 22.9 Å². The zero-order valence-electron chi connectivity index (χ0n) is 9.90. The molecular weight excluding hydrogens is 216 g/mol. The number of carbonyl (C=O) groups is 3. The quantitative estimate of drug-likeness (QED) is 0.442. The fourth-order valence-electron chi connectivity index (χ4n) is 1.56. The summed E-state index contributed by atoms with van der Waals surface area (Å²) in [5.74, 6) is -2.14. The van der Waals surface area contributed by atoms with E-state index in [1.165, 1.54) is 13.8 Å². The molecule has 1 atom stereocenters. The van der Waals surface area contributed by atoms with E-state index in [9.17, 15) is 14.4 Å². The maximum absolute atomic E-state index is 12.1. The van der Waals surface area contributed by atoms with Crippen molar-refractivity contribution in [1.82, 2.24) is 0 Å². The molecular formula is C14H14O3. The normalized spacial score (nSPS) is 11.6. The first-order valence-corrected chi connectivity index (χ1v) is 5.24. The molecule has 0 N–H and O–H groups in total. The first-order chi connectivity index (χ1) is 7.95. The number of benzene rings is 1. The molecule has 0 saturated heterocycles. The van der Waals surface area contributed by atoms with Gasteiger partial charge in [0.15, 0.2) is 11.6 Å². The maximum Gasteiger partial charge on any atom is 0.177 e. The lowest BCUT2D eigenvalue weighted by molar-refractivity contribution is -0.121. The average Bonchev–Trinajstić information content (AvgIpc) is 2.29. The van der Waals surface area contributed by atoms with Crippen molar-refractivity contribution in [3.63, 3.8) is 0 Å². The number of rotatable bonds is 5. The van der Waals surface area contributed by atoms with Crippen LogP contribution in [0, 0.1) is 5.92 Å². The van der Waals surface area contributed by atoms with Crippen molar-refractivity contribution >= 4 is 17.3 Å². The summed E-state index contributed by atoms with van der Waals surface area (Å²) in [6.45, 7) is 6.12. The Balaban J connectivity index is 3.10. The minimum Gasteiger partial charge on any atom is -0.299 e. The van der Waals surface area contributed by atoms with E-state index in [1.54, 1.807) is 30.3 Å². The number of allylic oxidation sites excluding steroid dienone is 1. The molecule has 3 heteroatoms. The van der Waals surface area contributed by atoms with Gasteiger partial charge in [0.05, 0.1) is 0 Å². The van der Waals surface area contributed by atoms with E-state index < -0.39 is 5.92 Å². The second kappa shape index (κ2) is 5.34. The van der Waals surface area contributed by atoms with Gasteiger partial charge in [-0.05, 0) is 13.8 Å². The lowest BCUT2D eigenvalue weighted by atomic mass is 9.86. The summed E-state index contributed by atoms with van der Waals surface area (Å²) in [6, 6.07) is 8.43. The highest BCUT2D eigenvalue weighted by Gasteiger charge is 2.29. The zero-order valence-corrected chi connectivity index (χ0v) is 9.90. The third-order valence-electron chi connectivity index (χ3n) is 2.53. The summed E-state index contributed by atoms with van der Waals surface area (Å²) in [5, 5.41) is 0. The molecule has 88 valence electrons. The number of carbonyl (C=O) groups excluding carboxylic acids is 3. The molecule has 0 saturated carbocycles. The molecule has 0 aliphatic carbocycles. The maximum atomic E-state index is 12.1. The van der Waals surface area contributed by atoms with Gasteiger partial charge in [0.25, 0.3) is 0 Å². The molecule has 0 heterocycles. The molecule has 0 spiro atoms. The Bertz CT molecular complexity index is 472. The van der Waals surface area contributed by atoms with Crippen molar-refractivity contribution in [2.45, 2.75) is 13.8 Å². The van der Waals surface area contributed by atoms with Crippen molar-refractivity contribution in [2.75, 3.05) is 0 Å². The molecule has 3 nitrogen and oxygen atoms in total. The Morgan fingerprint density at radius 3 is 2.00 bits per heavy atom. The van der Waals surface area contributed by atoms with Gasteiger partial charge >= 0.3 is 0 Å². The molecule has 0 radical (unpaired) electrons. The van der Waals surface area contributed by atoms with Crippen molar-refractivity contribution in [1.29, 1.82) is 0 Å². The SMILES string of the molecule is C=C(C(C)=O)C(C(C)=O)C(=O)c1ccccc1. The third kappa shape index (κ3) is 2.97. The van der Waals surface area contributed by atoms with Gasteiger partial charge in [0, 0.05) is 11.1 Å². The van der Waals surface area contributed by atoms with Gasteiger partial charge in [-0.15, -0.1) is 0 Å². The predicted octanol–water partition coefficient (Wildman–Crippen LogP) is 2.22. The Labute approximate surface area is 100 Å². The third-order valence-corrected chi connectivity index (χ3v) is 2.53. The summed E-state index contributed by atoms with van der Waals surface area (Å²) in [7, 11) is 0. The Kier molecular flexibility index (Phi) is 4.10. The van der Waals surface area contributed by atoms with Gasteiger partial charge in [0.2, 0.25) is 0 Å². The van der Waals surface area contributed by atoms with Crippen LogP contribution < -0.4 is 0 Å². The van der Waals surface area contributed by atoms with Gasteiger partial charge in [-0.3, -0.25) is 14.4 Å². The van der Waals surface area contributed by atoms with Crippen LogP contribution in [-0.4, -0.2) is 17.3 Å². The van der Waals surface area contributed by atoms with E-state index in [2.05, 4.69) is 6.58 Å².